The van der Waals surface area contributed by atoms with Crippen LogP contribution in [0.3, 0.4) is 0 Å². The summed E-state index contributed by atoms with van der Waals surface area (Å²) in [7, 11) is 2.82. The van der Waals surface area contributed by atoms with Gasteiger partial charge in [-0.05, 0) is 12.1 Å². The number of nitro benzene ring substituents is 1. The molecular formula is C15H12Cl2N2O5. The first-order valence-corrected chi connectivity index (χ1v) is 7.29. The first kappa shape index (κ1) is 17.8. The smallest absolute Gasteiger partial charge is 0.282 e. The van der Waals surface area contributed by atoms with Crippen molar-refractivity contribution in [2.75, 3.05) is 19.5 Å². The Kier molecular flexibility index (Phi) is 5.48. The summed E-state index contributed by atoms with van der Waals surface area (Å²) in [5.74, 6) is -0.126. The number of ether oxygens (including phenoxy) is 2. The van der Waals surface area contributed by atoms with E-state index in [0.717, 1.165) is 6.07 Å². The Bertz CT molecular complexity index is 811. The second-order valence-electron chi connectivity index (χ2n) is 4.56. The molecule has 0 radical (unpaired) electrons. The van der Waals surface area contributed by atoms with Gasteiger partial charge in [-0.25, -0.2) is 0 Å². The van der Waals surface area contributed by atoms with E-state index in [1.807, 2.05) is 0 Å². The van der Waals surface area contributed by atoms with Gasteiger partial charge < -0.3 is 14.8 Å². The van der Waals surface area contributed by atoms with Crippen molar-refractivity contribution in [2.45, 2.75) is 0 Å². The number of halogens is 2. The van der Waals surface area contributed by atoms with Crippen LogP contribution in [0.2, 0.25) is 10.0 Å². The maximum atomic E-state index is 12.4. The standard InChI is InChI=1S/C15H12Cl2N2O5/c1-23-13-7-11(14(24-2)6-10(13)17)18-15(20)9-5-8(16)3-4-12(9)19(21)22/h3-7H,1-2H3,(H,18,20). The molecule has 0 bridgehead atoms. The van der Waals surface area contributed by atoms with Crippen LogP contribution in [0.25, 0.3) is 0 Å². The molecule has 0 fully saturated rings. The molecule has 0 aromatic heterocycles. The van der Waals surface area contributed by atoms with Crippen molar-refractivity contribution in [3.63, 3.8) is 0 Å². The second kappa shape index (κ2) is 7.37. The highest BCUT2D eigenvalue weighted by Crippen LogP contribution is 2.36. The highest BCUT2D eigenvalue weighted by atomic mass is 35.5. The lowest BCUT2D eigenvalue weighted by molar-refractivity contribution is -0.385. The molecule has 0 aliphatic carbocycles. The SMILES string of the molecule is COc1cc(NC(=O)c2cc(Cl)ccc2[N+](=O)[O-])c(OC)cc1Cl. The number of hydrogen-bond donors (Lipinski definition) is 1. The van der Waals surface area contributed by atoms with Gasteiger partial charge in [0.2, 0.25) is 0 Å². The van der Waals surface area contributed by atoms with Crippen molar-refractivity contribution in [3.05, 3.63) is 56.1 Å². The number of nitrogens with zero attached hydrogens (tertiary/aromatic N) is 1. The zero-order valence-electron chi connectivity index (χ0n) is 12.6. The van der Waals surface area contributed by atoms with Crippen LogP contribution >= 0.6 is 23.2 Å². The fraction of sp³-hybridized carbons (Fsp3) is 0.133. The summed E-state index contributed by atoms with van der Waals surface area (Å²) >= 11 is 11.8. The molecule has 7 nitrogen and oxygen atoms in total. The van der Waals surface area contributed by atoms with E-state index in [2.05, 4.69) is 5.32 Å². The Morgan fingerprint density at radius 1 is 1.12 bits per heavy atom. The van der Waals surface area contributed by atoms with Crippen LogP contribution < -0.4 is 14.8 Å². The van der Waals surface area contributed by atoms with Crippen LogP contribution in [-0.4, -0.2) is 25.1 Å². The van der Waals surface area contributed by atoms with Gasteiger partial charge in [-0.3, -0.25) is 14.9 Å². The van der Waals surface area contributed by atoms with E-state index >= 15 is 0 Å². The van der Waals surface area contributed by atoms with E-state index in [1.54, 1.807) is 0 Å². The number of rotatable bonds is 5. The fourth-order valence-electron chi connectivity index (χ4n) is 2.00. The van der Waals surface area contributed by atoms with Gasteiger partial charge >= 0.3 is 0 Å². The molecule has 0 spiro atoms. The lowest BCUT2D eigenvalue weighted by atomic mass is 10.1. The monoisotopic (exact) mass is 370 g/mol. The minimum absolute atomic E-state index is 0.177. The lowest BCUT2D eigenvalue weighted by Gasteiger charge is -2.13. The molecule has 0 atom stereocenters. The fourth-order valence-corrected chi connectivity index (χ4v) is 2.40. The van der Waals surface area contributed by atoms with Crippen LogP contribution in [0.1, 0.15) is 10.4 Å². The first-order chi connectivity index (χ1) is 11.4. The summed E-state index contributed by atoms with van der Waals surface area (Å²) in [6.07, 6.45) is 0. The van der Waals surface area contributed by atoms with Gasteiger partial charge in [0.25, 0.3) is 11.6 Å². The molecule has 1 N–H and O–H groups in total. The summed E-state index contributed by atoms with van der Waals surface area (Å²) in [5, 5.41) is 14.1. The number of benzene rings is 2. The predicted octanol–water partition coefficient (Wildman–Crippen LogP) is 4.17. The maximum Gasteiger partial charge on any atom is 0.282 e. The van der Waals surface area contributed by atoms with E-state index < -0.39 is 10.8 Å². The third-order valence-corrected chi connectivity index (χ3v) is 3.65. The van der Waals surface area contributed by atoms with E-state index in [0.29, 0.717) is 10.8 Å². The van der Waals surface area contributed by atoms with Gasteiger partial charge in [0.15, 0.2) is 0 Å². The summed E-state index contributed by atoms with van der Waals surface area (Å²) in [6, 6.07) is 6.63. The number of nitro groups is 1. The summed E-state index contributed by atoms with van der Waals surface area (Å²) in [4.78, 5) is 22.9. The topological polar surface area (TPSA) is 90.7 Å². The van der Waals surface area contributed by atoms with Gasteiger partial charge in [0.1, 0.15) is 17.1 Å². The third kappa shape index (κ3) is 3.69. The van der Waals surface area contributed by atoms with E-state index in [-0.39, 0.29) is 27.7 Å². The molecule has 126 valence electrons. The van der Waals surface area contributed by atoms with Crippen LogP contribution in [0.5, 0.6) is 11.5 Å². The Labute approximate surface area is 147 Å². The summed E-state index contributed by atoms with van der Waals surface area (Å²) in [5.41, 5.74) is -0.293. The molecule has 0 aliphatic heterocycles. The van der Waals surface area contributed by atoms with Crippen molar-refractivity contribution >= 4 is 40.5 Å². The molecule has 0 saturated heterocycles. The number of hydrogen-bond acceptors (Lipinski definition) is 5. The molecule has 0 saturated carbocycles. The van der Waals surface area contributed by atoms with Gasteiger partial charge in [0.05, 0.1) is 29.9 Å². The zero-order chi connectivity index (χ0) is 17.9. The van der Waals surface area contributed by atoms with Crippen molar-refractivity contribution in [1.29, 1.82) is 0 Å². The largest absolute Gasteiger partial charge is 0.495 e. The van der Waals surface area contributed by atoms with E-state index in [9.17, 15) is 14.9 Å². The minimum atomic E-state index is -0.716. The van der Waals surface area contributed by atoms with Crippen molar-refractivity contribution in [3.8, 4) is 11.5 Å². The highest BCUT2D eigenvalue weighted by molar-refractivity contribution is 6.32. The molecule has 0 unspecified atom stereocenters. The maximum absolute atomic E-state index is 12.4. The first-order valence-electron chi connectivity index (χ1n) is 6.54. The number of nitrogens with one attached hydrogen (secondary N) is 1. The van der Waals surface area contributed by atoms with Crippen LogP contribution in [0, 0.1) is 10.1 Å². The predicted molar refractivity (Wildman–Crippen MR) is 90.6 cm³/mol. The Hall–Kier alpha value is -2.51. The molecule has 2 rings (SSSR count). The zero-order valence-corrected chi connectivity index (χ0v) is 14.1. The molecule has 0 aliphatic rings. The van der Waals surface area contributed by atoms with Gasteiger partial charge in [-0.15, -0.1) is 0 Å². The lowest BCUT2D eigenvalue weighted by Crippen LogP contribution is -2.14. The van der Waals surface area contributed by atoms with Crippen LogP contribution in [0.15, 0.2) is 30.3 Å². The molecular weight excluding hydrogens is 359 g/mol. The third-order valence-electron chi connectivity index (χ3n) is 3.12. The number of methoxy groups -OCH3 is 2. The van der Waals surface area contributed by atoms with Crippen molar-refractivity contribution in [2.24, 2.45) is 0 Å². The molecule has 1 amide bonds. The Morgan fingerprint density at radius 3 is 2.38 bits per heavy atom. The molecule has 2 aromatic carbocycles. The quantitative estimate of drug-likeness (QED) is 0.629. The normalized spacial score (nSPS) is 10.2. The van der Waals surface area contributed by atoms with Crippen molar-refractivity contribution < 1.29 is 19.2 Å². The number of amides is 1. The molecule has 2 aromatic rings. The summed E-state index contributed by atoms with van der Waals surface area (Å²) in [6.45, 7) is 0. The number of carbonyl (C=O) groups is 1. The number of anilines is 1. The van der Waals surface area contributed by atoms with E-state index in [4.69, 9.17) is 32.7 Å². The van der Waals surface area contributed by atoms with Gasteiger partial charge in [-0.2, -0.15) is 0 Å². The number of carbonyl (C=O) groups excluding carboxylic acids is 1. The summed E-state index contributed by atoms with van der Waals surface area (Å²) < 4.78 is 10.2. The Morgan fingerprint density at radius 2 is 1.79 bits per heavy atom. The average Bonchev–Trinajstić information content (AvgIpc) is 2.55. The molecule has 0 heterocycles. The van der Waals surface area contributed by atoms with Crippen LogP contribution in [-0.2, 0) is 0 Å². The highest BCUT2D eigenvalue weighted by Gasteiger charge is 2.22. The average molecular weight is 371 g/mol. The van der Waals surface area contributed by atoms with Crippen LogP contribution in [0.4, 0.5) is 11.4 Å². The van der Waals surface area contributed by atoms with Gasteiger partial charge in [-0.1, -0.05) is 23.2 Å². The van der Waals surface area contributed by atoms with E-state index in [1.165, 1.54) is 38.5 Å². The van der Waals surface area contributed by atoms with Crippen molar-refractivity contribution in [1.82, 2.24) is 0 Å². The minimum Gasteiger partial charge on any atom is -0.495 e. The van der Waals surface area contributed by atoms with Gasteiger partial charge in [0, 0.05) is 23.2 Å². The molecule has 24 heavy (non-hydrogen) atoms. The Balaban J connectivity index is 2.44. The second-order valence-corrected chi connectivity index (χ2v) is 5.40. The molecule has 9 heteroatoms.